The molecule has 2 fully saturated rings. The lowest BCUT2D eigenvalue weighted by atomic mass is 9.81. The number of benzene rings is 1. The molecule has 2 unspecified atom stereocenters. The van der Waals surface area contributed by atoms with Crippen molar-refractivity contribution >= 4 is 23.2 Å². The minimum atomic E-state index is -0.0124. The van der Waals surface area contributed by atoms with Gasteiger partial charge in [-0.15, -0.1) is 0 Å². The molecule has 112 valence electrons. The van der Waals surface area contributed by atoms with E-state index in [1.54, 1.807) is 0 Å². The summed E-state index contributed by atoms with van der Waals surface area (Å²) >= 11 is 1.96. The van der Waals surface area contributed by atoms with Gasteiger partial charge in [0.25, 0.3) is 0 Å². The number of nitrogens with one attached hydrogen (secondary N) is 1. The molecule has 0 bridgehead atoms. The van der Waals surface area contributed by atoms with E-state index in [4.69, 9.17) is 4.74 Å². The Hall–Kier alpha value is -1.00. The molecule has 3 nitrogen and oxygen atoms in total. The first-order chi connectivity index (χ1) is 10.3. The molecule has 0 saturated carbocycles. The average Bonchev–Trinajstić information content (AvgIpc) is 3.15. The molecule has 2 saturated heterocycles. The van der Waals surface area contributed by atoms with E-state index >= 15 is 0 Å². The van der Waals surface area contributed by atoms with E-state index in [0.717, 1.165) is 50.2 Å². The number of hydrogen-bond acceptors (Lipinski definition) is 4. The molecule has 3 aliphatic heterocycles. The topological polar surface area (TPSA) is 38.3 Å². The zero-order valence-corrected chi connectivity index (χ0v) is 13.0. The van der Waals surface area contributed by atoms with Crippen molar-refractivity contribution in [1.29, 1.82) is 0 Å². The van der Waals surface area contributed by atoms with Gasteiger partial charge in [-0.25, -0.2) is 0 Å². The minimum Gasteiger partial charge on any atom is -0.384 e. The van der Waals surface area contributed by atoms with Crippen LogP contribution in [-0.2, 0) is 11.2 Å². The van der Waals surface area contributed by atoms with Gasteiger partial charge in [0.15, 0.2) is 5.78 Å². The summed E-state index contributed by atoms with van der Waals surface area (Å²) < 4.78 is 6.03. The maximum Gasteiger partial charge on any atom is 0.166 e. The lowest BCUT2D eigenvalue weighted by Gasteiger charge is -2.37. The maximum atomic E-state index is 12.9. The van der Waals surface area contributed by atoms with Crippen molar-refractivity contribution in [3.05, 3.63) is 29.3 Å². The second kappa shape index (κ2) is 5.33. The number of ether oxygens (including phenoxy) is 1. The van der Waals surface area contributed by atoms with Crippen LogP contribution in [0.2, 0.25) is 0 Å². The van der Waals surface area contributed by atoms with E-state index in [1.807, 2.05) is 17.8 Å². The molecular formula is C17H21NO2S. The van der Waals surface area contributed by atoms with Gasteiger partial charge in [-0.3, -0.25) is 4.79 Å². The summed E-state index contributed by atoms with van der Waals surface area (Å²) in [5.74, 6) is 2.70. The molecule has 0 radical (unpaired) electrons. The number of carbonyl (C=O) groups is 1. The summed E-state index contributed by atoms with van der Waals surface area (Å²) in [5, 5.41) is 3.35. The first-order valence-electron chi connectivity index (χ1n) is 7.89. The summed E-state index contributed by atoms with van der Waals surface area (Å²) in [6.07, 6.45) is 3.93. The Kier molecular flexibility index (Phi) is 3.46. The Bertz CT molecular complexity index is 566. The number of fused-ring (bicyclic) bond motifs is 1. The minimum absolute atomic E-state index is 0.0124. The van der Waals surface area contributed by atoms with Gasteiger partial charge in [-0.1, -0.05) is 0 Å². The van der Waals surface area contributed by atoms with Crippen LogP contribution in [0.3, 0.4) is 0 Å². The number of carbonyl (C=O) groups excluding carboxylic acids is 1. The fourth-order valence-corrected chi connectivity index (χ4v) is 5.19. The predicted molar refractivity (Wildman–Crippen MR) is 86.3 cm³/mol. The second-order valence-electron chi connectivity index (χ2n) is 6.44. The van der Waals surface area contributed by atoms with Gasteiger partial charge in [0.2, 0.25) is 0 Å². The van der Waals surface area contributed by atoms with Crippen LogP contribution < -0.4 is 5.32 Å². The van der Waals surface area contributed by atoms with Gasteiger partial charge in [-0.2, -0.15) is 11.8 Å². The number of ketones is 1. The van der Waals surface area contributed by atoms with E-state index in [-0.39, 0.29) is 11.5 Å². The summed E-state index contributed by atoms with van der Waals surface area (Å²) in [5.41, 5.74) is 3.37. The van der Waals surface area contributed by atoms with Crippen LogP contribution in [0.25, 0.3) is 0 Å². The van der Waals surface area contributed by atoms with Crippen LogP contribution in [0, 0.1) is 5.92 Å². The first kappa shape index (κ1) is 13.6. The summed E-state index contributed by atoms with van der Waals surface area (Å²) in [6.45, 7) is 1.73. The fraction of sp³-hybridized carbons (Fsp3) is 0.588. The molecular weight excluding hydrogens is 282 g/mol. The summed E-state index contributed by atoms with van der Waals surface area (Å²) in [7, 11) is 0. The highest BCUT2D eigenvalue weighted by Gasteiger charge is 2.42. The standard InChI is InChI=1S/C17H21NO2S/c19-16(13-1-2-15-12(9-13)3-6-18-15)14-4-7-20-17(10-14)5-8-21-11-17/h1-2,9,14,18H,3-8,10-11H2. The Morgan fingerprint density at radius 1 is 1.43 bits per heavy atom. The van der Waals surface area contributed by atoms with Crippen molar-refractivity contribution in [2.24, 2.45) is 5.92 Å². The highest BCUT2D eigenvalue weighted by Crippen LogP contribution is 2.41. The van der Waals surface area contributed by atoms with E-state index in [2.05, 4.69) is 17.4 Å². The van der Waals surface area contributed by atoms with E-state index in [9.17, 15) is 4.79 Å². The second-order valence-corrected chi connectivity index (χ2v) is 7.54. The predicted octanol–water partition coefficient (Wildman–Crippen LogP) is 3.14. The van der Waals surface area contributed by atoms with Gasteiger partial charge in [0, 0.05) is 36.1 Å². The van der Waals surface area contributed by atoms with Gasteiger partial charge in [0.05, 0.1) is 5.60 Å². The molecule has 1 aromatic rings. The van der Waals surface area contributed by atoms with Crippen LogP contribution in [0.5, 0.6) is 0 Å². The van der Waals surface area contributed by atoms with Gasteiger partial charge < -0.3 is 10.1 Å². The molecule has 4 rings (SSSR count). The van der Waals surface area contributed by atoms with E-state index in [1.165, 1.54) is 17.0 Å². The third-order valence-corrected chi connectivity index (χ3v) is 6.25. The molecule has 1 aromatic carbocycles. The third-order valence-electron chi connectivity index (χ3n) is 5.03. The fourth-order valence-electron chi connectivity index (χ4n) is 3.81. The molecule has 4 heteroatoms. The lowest BCUT2D eigenvalue weighted by Crippen LogP contribution is -2.42. The van der Waals surface area contributed by atoms with Gasteiger partial charge in [-0.05, 0) is 55.2 Å². The summed E-state index contributed by atoms with van der Waals surface area (Å²) in [6, 6.07) is 6.16. The SMILES string of the molecule is O=C(c1ccc2c(c1)CCN2)C1CCOC2(CCSC2)C1. The molecule has 1 N–H and O–H groups in total. The zero-order valence-electron chi connectivity index (χ0n) is 12.2. The maximum absolute atomic E-state index is 12.9. The van der Waals surface area contributed by atoms with Crippen LogP contribution in [0.15, 0.2) is 18.2 Å². The molecule has 3 aliphatic rings. The Morgan fingerprint density at radius 3 is 3.24 bits per heavy atom. The summed E-state index contributed by atoms with van der Waals surface area (Å²) in [4.78, 5) is 12.9. The van der Waals surface area contributed by atoms with Crippen LogP contribution in [0.1, 0.15) is 35.2 Å². The number of rotatable bonds is 2. The van der Waals surface area contributed by atoms with Gasteiger partial charge >= 0.3 is 0 Å². The average molecular weight is 303 g/mol. The van der Waals surface area contributed by atoms with Gasteiger partial charge in [0.1, 0.15) is 0 Å². The van der Waals surface area contributed by atoms with E-state index in [0.29, 0.717) is 5.78 Å². The number of hydrogen-bond donors (Lipinski definition) is 1. The molecule has 21 heavy (non-hydrogen) atoms. The highest BCUT2D eigenvalue weighted by molar-refractivity contribution is 7.99. The highest BCUT2D eigenvalue weighted by atomic mass is 32.2. The largest absolute Gasteiger partial charge is 0.384 e. The van der Waals surface area contributed by atoms with Crippen molar-refractivity contribution in [3.63, 3.8) is 0 Å². The number of Topliss-reactive ketones (excluding diaryl/α,β-unsaturated/α-hetero) is 1. The van der Waals surface area contributed by atoms with Crippen molar-refractivity contribution < 1.29 is 9.53 Å². The Balaban J connectivity index is 1.54. The van der Waals surface area contributed by atoms with E-state index < -0.39 is 0 Å². The lowest BCUT2D eigenvalue weighted by molar-refractivity contribution is -0.0734. The molecule has 0 aromatic heterocycles. The first-order valence-corrected chi connectivity index (χ1v) is 9.04. The van der Waals surface area contributed by atoms with Crippen molar-refractivity contribution in [1.82, 2.24) is 0 Å². The Labute approximate surface area is 129 Å². The monoisotopic (exact) mass is 303 g/mol. The van der Waals surface area contributed by atoms with Crippen molar-refractivity contribution in [3.8, 4) is 0 Å². The third kappa shape index (κ3) is 2.49. The molecule has 0 aliphatic carbocycles. The molecule has 2 atom stereocenters. The smallest absolute Gasteiger partial charge is 0.166 e. The molecule has 3 heterocycles. The van der Waals surface area contributed by atoms with Crippen LogP contribution >= 0.6 is 11.8 Å². The Morgan fingerprint density at radius 2 is 2.38 bits per heavy atom. The van der Waals surface area contributed by atoms with Crippen molar-refractivity contribution in [2.75, 3.05) is 30.0 Å². The zero-order chi connectivity index (χ0) is 14.3. The molecule has 1 spiro atoms. The normalized spacial score (nSPS) is 31.1. The quantitative estimate of drug-likeness (QED) is 0.852. The number of anilines is 1. The van der Waals surface area contributed by atoms with Crippen LogP contribution in [-0.4, -0.2) is 36.0 Å². The van der Waals surface area contributed by atoms with Crippen LogP contribution in [0.4, 0.5) is 5.69 Å². The number of thioether (sulfide) groups is 1. The van der Waals surface area contributed by atoms with Crippen molar-refractivity contribution in [2.45, 2.75) is 31.3 Å². The molecule has 0 amide bonds.